The van der Waals surface area contributed by atoms with Crippen LogP contribution in [0.5, 0.6) is 11.5 Å². The lowest BCUT2D eigenvalue weighted by Gasteiger charge is -2.30. The molecule has 1 atom stereocenters. The van der Waals surface area contributed by atoms with Crippen molar-refractivity contribution in [2.24, 2.45) is 0 Å². The van der Waals surface area contributed by atoms with Crippen molar-refractivity contribution in [3.8, 4) is 11.5 Å². The zero-order chi connectivity index (χ0) is 21.3. The Balaban J connectivity index is 1.46. The fourth-order valence-electron chi connectivity index (χ4n) is 3.58. The van der Waals surface area contributed by atoms with Gasteiger partial charge >= 0.3 is 0 Å². The van der Waals surface area contributed by atoms with Crippen molar-refractivity contribution in [3.63, 3.8) is 0 Å². The Morgan fingerprint density at radius 1 is 1.10 bits per heavy atom. The Kier molecular flexibility index (Phi) is 8.78. The Hall–Kier alpha value is -1.83. The summed E-state index contributed by atoms with van der Waals surface area (Å²) >= 11 is 6.02. The van der Waals surface area contributed by atoms with Crippen LogP contribution in [0, 0.1) is 0 Å². The highest BCUT2D eigenvalue weighted by atomic mass is 35.5. The fourth-order valence-corrected chi connectivity index (χ4v) is 3.79. The molecule has 1 fully saturated rings. The third-order valence-corrected chi connectivity index (χ3v) is 5.47. The van der Waals surface area contributed by atoms with E-state index in [0.29, 0.717) is 24.6 Å². The number of nitrogens with one attached hydrogen (secondary N) is 1. The normalized spacial score (nSPS) is 16.4. The quantitative estimate of drug-likeness (QED) is 0.534. The van der Waals surface area contributed by atoms with Gasteiger partial charge in [0, 0.05) is 37.7 Å². The summed E-state index contributed by atoms with van der Waals surface area (Å²) in [6.45, 7) is 3.76. The first kappa shape index (κ1) is 22.8. The zero-order valence-corrected chi connectivity index (χ0v) is 18.1. The number of benzene rings is 2. The van der Waals surface area contributed by atoms with Gasteiger partial charge in [-0.1, -0.05) is 29.8 Å². The Morgan fingerprint density at radius 2 is 1.83 bits per heavy atom. The maximum absolute atomic E-state index is 10.3. The molecule has 6 nitrogen and oxygen atoms in total. The average molecular weight is 435 g/mol. The molecule has 1 aliphatic rings. The van der Waals surface area contributed by atoms with Crippen LogP contribution in [0.25, 0.3) is 0 Å². The van der Waals surface area contributed by atoms with Crippen molar-refractivity contribution in [2.75, 3.05) is 33.4 Å². The molecule has 3 N–H and O–H groups in total. The average Bonchev–Trinajstić information content (AvgIpc) is 2.74. The summed E-state index contributed by atoms with van der Waals surface area (Å²) in [6, 6.07) is 13.6. The maximum atomic E-state index is 10.3. The predicted molar refractivity (Wildman–Crippen MR) is 118 cm³/mol. The summed E-state index contributed by atoms with van der Waals surface area (Å²) in [5.41, 5.74) is 2.21. The van der Waals surface area contributed by atoms with Crippen LogP contribution in [0.1, 0.15) is 24.0 Å². The summed E-state index contributed by atoms with van der Waals surface area (Å²) in [5.74, 6) is 1.26. The van der Waals surface area contributed by atoms with Crippen molar-refractivity contribution in [3.05, 3.63) is 58.6 Å². The molecule has 1 aliphatic heterocycles. The number of rotatable bonds is 10. The Morgan fingerprint density at radius 3 is 2.53 bits per heavy atom. The third-order valence-electron chi connectivity index (χ3n) is 5.23. The predicted octanol–water partition coefficient (Wildman–Crippen LogP) is 2.83. The van der Waals surface area contributed by atoms with Gasteiger partial charge in [-0.05, 0) is 48.2 Å². The molecule has 0 bridgehead atoms. The second-order valence-electron chi connectivity index (χ2n) is 7.72. The number of piperidine rings is 1. The topological polar surface area (TPSA) is 74.2 Å². The van der Waals surface area contributed by atoms with Crippen molar-refractivity contribution >= 4 is 11.6 Å². The number of hydrogen-bond donors (Lipinski definition) is 3. The molecule has 30 heavy (non-hydrogen) atoms. The maximum Gasteiger partial charge on any atom is 0.161 e. The van der Waals surface area contributed by atoms with E-state index < -0.39 is 6.10 Å². The summed E-state index contributed by atoms with van der Waals surface area (Å²) < 4.78 is 11.3. The molecular weight excluding hydrogens is 404 g/mol. The van der Waals surface area contributed by atoms with Crippen LogP contribution in [-0.2, 0) is 13.1 Å². The van der Waals surface area contributed by atoms with E-state index in [1.807, 2.05) is 42.5 Å². The Labute approximate surface area is 183 Å². The van der Waals surface area contributed by atoms with E-state index in [9.17, 15) is 10.2 Å². The first-order valence-corrected chi connectivity index (χ1v) is 10.7. The minimum absolute atomic E-state index is 0.196. The standard InChI is InChI=1S/C23H31ClN2O4/c1-29-23-12-18(14-25-13-17-3-2-4-19(24)11-17)5-6-22(23)30-16-21(28)15-26-9-7-20(27)8-10-26/h2-6,11-12,20-21,25,27-28H,7-10,13-16H2,1H3/t21-/m0/s1. The van der Waals surface area contributed by atoms with Crippen molar-refractivity contribution in [2.45, 2.75) is 38.1 Å². The molecule has 0 unspecified atom stereocenters. The van der Waals surface area contributed by atoms with Gasteiger partial charge < -0.3 is 29.9 Å². The van der Waals surface area contributed by atoms with Crippen molar-refractivity contribution < 1.29 is 19.7 Å². The van der Waals surface area contributed by atoms with E-state index in [1.165, 1.54) is 0 Å². The first-order valence-electron chi connectivity index (χ1n) is 10.4. The van der Waals surface area contributed by atoms with Crippen LogP contribution in [-0.4, -0.2) is 60.7 Å². The number of aliphatic hydroxyl groups is 2. The summed E-state index contributed by atoms with van der Waals surface area (Å²) in [7, 11) is 1.61. The lowest BCUT2D eigenvalue weighted by Crippen LogP contribution is -2.41. The fraction of sp³-hybridized carbons (Fsp3) is 0.478. The zero-order valence-electron chi connectivity index (χ0n) is 17.4. The van der Waals surface area contributed by atoms with E-state index in [1.54, 1.807) is 7.11 Å². The van der Waals surface area contributed by atoms with Crippen LogP contribution >= 0.6 is 11.6 Å². The number of likely N-dealkylation sites (tertiary alicyclic amines) is 1. The van der Waals surface area contributed by atoms with Gasteiger partial charge in [-0.15, -0.1) is 0 Å². The summed E-state index contributed by atoms with van der Waals surface area (Å²) in [5, 5.41) is 24.0. The molecule has 2 aromatic rings. The van der Waals surface area contributed by atoms with Gasteiger partial charge in [0.25, 0.3) is 0 Å². The number of aliphatic hydroxyl groups excluding tert-OH is 2. The van der Waals surface area contributed by atoms with Gasteiger partial charge in [0.2, 0.25) is 0 Å². The molecule has 1 heterocycles. The molecule has 0 radical (unpaired) electrons. The highest BCUT2D eigenvalue weighted by molar-refractivity contribution is 6.30. The molecular formula is C23H31ClN2O4. The van der Waals surface area contributed by atoms with Gasteiger partial charge in [0.05, 0.1) is 13.2 Å². The third kappa shape index (κ3) is 7.15. The number of halogens is 1. The molecule has 7 heteroatoms. The second-order valence-corrected chi connectivity index (χ2v) is 8.15. The van der Waals surface area contributed by atoms with E-state index in [-0.39, 0.29) is 12.7 Å². The number of methoxy groups -OCH3 is 1. The number of β-amino-alcohol motifs (C(OH)–C–C–N with tert-alkyl or cyclic N) is 1. The minimum atomic E-state index is -0.594. The van der Waals surface area contributed by atoms with Crippen LogP contribution in [0.2, 0.25) is 5.02 Å². The molecule has 2 aromatic carbocycles. The van der Waals surface area contributed by atoms with E-state index >= 15 is 0 Å². The van der Waals surface area contributed by atoms with Crippen molar-refractivity contribution in [1.29, 1.82) is 0 Å². The molecule has 3 rings (SSSR count). The molecule has 1 saturated heterocycles. The lowest BCUT2D eigenvalue weighted by atomic mass is 10.1. The smallest absolute Gasteiger partial charge is 0.161 e. The number of nitrogens with zero attached hydrogens (tertiary/aromatic N) is 1. The summed E-state index contributed by atoms with van der Waals surface area (Å²) in [4.78, 5) is 2.16. The van der Waals surface area contributed by atoms with Gasteiger partial charge in [-0.2, -0.15) is 0 Å². The second kappa shape index (κ2) is 11.5. The highest BCUT2D eigenvalue weighted by Crippen LogP contribution is 2.28. The van der Waals surface area contributed by atoms with Crippen LogP contribution in [0.15, 0.2) is 42.5 Å². The Bertz CT molecular complexity index is 797. The SMILES string of the molecule is COc1cc(CNCc2cccc(Cl)c2)ccc1OC[C@@H](O)CN1CCC(O)CC1. The van der Waals surface area contributed by atoms with E-state index in [0.717, 1.165) is 48.6 Å². The van der Waals surface area contributed by atoms with Gasteiger partial charge in [-0.3, -0.25) is 0 Å². The van der Waals surface area contributed by atoms with Gasteiger partial charge in [-0.25, -0.2) is 0 Å². The highest BCUT2D eigenvalue weighted by Gasteiger charge is 2.20. The molecule has 0 aliphatic carbocycles. The van der Waals surface area contributed by atoms with E-state index in [4.69, 9.17) is 21.1 Å². The number of ether oxygens (including phenoxy) is 2. The molecule has 0 saturated carbocycles. The first-order chi connectivity index (χ1) is 14.5. The minimum Gasteiger partial charge on any atom is -0.493 e. The summed E-state index contributed by atoms with van der Waals surface area (Å²) in [6.07, 6.45) is 0.712. The largest absolute Gasteiger partial charge is 0.493 e. The van der Waals surface area contributed by atoms with Crippen LogP contribution < -0.4 is 14.8 Å². The van der Waals surface area contributed by atoms with Crippen molar-refractivity contribution in [1.82, 2.24) is 10.2 Å². The molecule has 0 amide bonds. The van der Waals surface area contributed by atoms with Crippen LogP contribution in [0.3, 0.4) is 0 Å². The van der Waals surface area contributed by atoms with E-state index in [2.05, 4.69) is 10.2 Å². The van der Waals surface area contributed by atoms with Gasteiger partial charge in [0.15, 0.2) is 11.5 Å². The van der Waals surface area contributed by atoms with Gasteiger partial charge in [0.1, 0.15) is 12.7 Å². The molecule has 0 spiro atoms. The monoisotopic (exact) mass is 434 g/mol. The lowest BCUT2D eigenvalue weighted by molar-refractivity contribution is 0.0333. The molecule has 164 valence electrons. The number of hydrogen-bond acceptors (Lipinski definition) is 6. The molecule has 0 aromatic heterocycles. The van der Waals surface area contributed by atoms with Crippen LogP contribution in [0.4, 0.5) is 0 Å².